The van der Waals surface area contributed by atoms with Crippen LogP contribution in [0.1, 0.15) is 33.1 Å². The van der Waals surface area contributed by atoms with Crippen molar-refractivity contribution in [3.05, 3.63) is 0 Å². The fraction of sp³-hybridized carbons (Fsp3) is 1.00. The van der Waals surface area contributed by atoms with Crippen molar-refractivity contribution in [1.29, 1.82) is 0 Å². The van der Waals surface area contributed by atoms with Crippen molar-refractivity contribution >= 4 is 0 Å². The van der Waals surface area contributed by atoms with Gasteiger partial charge in [0, 0.05) is 25.7 Å². The fourth-order valence-corrected chi connectivity index (χ4v) is 2.51. The lowest BCUT2D eigenvalue weighted by molar-refractivity contribution is 0.111. The van der Waals surface area contributed by atoms with Crippen LogP contribution in [-0.2, 0) is 0 Å². The highest BCUT2D eigenvalue weighted by Gasteiger charge is 2.22. The summed E-state index contributed by atoms with van der Waals surface area (Å²) in [6.45, 7) is 11.2. The summed E-state index contributed by atoms with van der Waals surface area (Å²) in [5, 5.41) is 0. The zero-order chi connectivity index (χ0) is 11.1. The van der Waals surface area contributed by atoms with Gasteiger partial charge in [0.05, 0.1) is 0 Å². The third-order valence-electron chi connectivity index (χ3n) is 3.53. The van der Waals surface area contributed by atoms with Gasteiger partial charge in [0.15, 0.2) is 0 Å². The van der Waals surface area contributed by atoms with Crippen LogP contribution in [0.5, 0.6) is 0 Å². The molecule has 3 heteroatoms. The van der Waals surface area contributed by atoms with Crippen molar-refractivity contribution < 1.29 is 0 Å². The summed E-state index contributed by atoms with van der Waals surface area (Å²) in [7, 11) is 0. The second kappa shape index (κ2) is 7.20. The Morgan fingerprint density at radius 1 is 1.27 bits per heavy atom. The maximum absolute atomic E-state index is 5.66. The average Bonchev–Trinajstić information content (AvgIpc) is 2.28. The minimum atomic E-state index is 0.752. The molecule has 0 amide bonds. The molecule has 1 heterocycles. The Morgan fingerprint density at radius 2 is 2.00 bits per heavy atom. The number of hydrogen-bond acceptors (Lipinski definition) is 3. The zero-order valence-electron chi connectivity index (χ0n) is 10.4. The molecule has 1 aliphatic rings. The minimum absolute atomic E-state index is 0.752. The van der Waals surface area contributed by atoms with Crippen LogP contribution >= 0.6 is 0 Å². The maximum Gasteiger partial charge on any atom is 0.0223 e. The third kappa shape index (κ3) is 4.09. The first-order valence-corrected chi connectivity index (χ1v) is 6.48. The molecule has 0 aliphatic carbocycles. The number of likely N-dealkylation sites (N-methyl/N-ethyl adjacent to an activating group) is 1. The van der Waals surface area contributed by atoms with E-state index in [1.165, 1.54) is 45.4 Å². The lowest BCUT2D eigenvalue weighted by Crippen LogP contribution is -2.48. The lowest BCUT2D eigenvalue weighted by atomic mass is 10.0. The molecule has 1 rings (SSSR count). The van der Waals surface area contributed by atoms with Gasteiger partial charge in [-0.25, -0.2) is 0 Å². The van der Waals surface area contributed by atoms with E-state index in [1.807, 2.05) is 0 Å². The highest BCUT2D eigenvalue weighted by Crippen LogP contribution is 2.17. The van der Waals surface area contributed by atoms with E-state index in [2.05, 4.69) is 23.6 Å². The Hall–Kier alpha value is -0.120. The molecule has 2 N–H and O–H groups in total. The molecule has 0 aromatic carbocycles. The van der Waals surface area contributed by atoms with Gasteiger partial charge in [-0.15, -0.1) is 0 Å². The molecule has 1 aliphatic heterocycles. The second-order valence-electron chi connectivity index (χ2n) is 4.46. The molecule has 0 aromatic rings. The highest BCUT2D eigenvalue weighted by molar-refractivity contribution is 4.79. The average molecular weight is 213 g/mol. The van der Waals surface area contributed by atoms with Crippen molar-refractivity contribution in [1.82, 2.24) is 9.80 Å². The Morgan fingerprint density at radius 3 is 2.60 bits per heavy atom. The Bertz CT molecular complexity index is 155. The van der Waals surface area contributed by atoms with Crippen molar-refractivity contribution in [2.45, 2.75) is 39.2 Å². The molecule has 1 saturated heterocycles. The van der Waals surface area contributed by atoms with Crippen LogP contribution in [0.25, 0.3) is 0 Å². The molecule has 0 saturated carbocycles. The van der Waals surface area contributed by atoms with E-state index in [1.54, 1.807) is 0 Å². The molecule has 0 bridgehead atoms. The van der Waals surface area contributed by atoms with Crippen molar-refractivity contribution in [2.24, 2.45) is 5.73 Å². The van der Waals surface area contributed by atoms with Crippen molar-refractivity contribution in [3.8, 4) is 0 Å². The highest BCUT2D eigenvalue weighted by atomic mass is 15.2. The quantitative estimate of drug-likeness (QED) is 0.718. The van der Waals surface area contributed by atoms with Gasteiger partial charge in [-0.05, 0) is 32.5 Å². The summed E-state index contributed by atoms with van der Waals surface area (Å²) in [5.41, 5.74) is 5.66. The van der Waals surface area contributed by atoms with Crippen LogP contribution in [0.4, 0.5) is 0 Å². The summed E-state index contributed by atoms with van der Waals surface area (Å²) in [6.07, 6.45) is 4.11. The van der Waals surface area contributed by atoms with Gasteiger partial charge >= 0.3 is 0 Å². The van der Waals surface area contributed by atoms with E-state index < -0.39 is 0 Å². The van der Waals surface area contributed by atoms with Gasteiger partial charge in [0.1, 0.15) is 0 Å². The number of nitrogens with two attached hydrogens (primary N) is 1. The van der Waals surface area contributed by atoms with E-state index >= 15 is 0 Å². The maximum atomic E-state index is 5.66. The topological polar surface area (TPSA) is 32.5 Å². The predicted octanol–water partition coefficient (Wildman–Crippen LogP) is 1.14. The lowest BCUT2D eigenvalue weighted by Gasteiger charge is -2.38. The first-order valence-electron chi connectivity index (χ1n) is 6.48. The normalized spacial score (nSPS) is 23.6. The van der Waals surface area contributed by atoms with Crippen molar-refractivity contribution in [3.63, 3.8) is 0 Å². The molecule has 3 nitrogen and oxygen atoms in total. The first-order chi connectivity index (χ1) is 7.31. The van der Waals surface area contributed by atoms with Gasteiger partial charge in [0.25, 0.3) is 0 Å². The summed E-state index contributed by atoms with van der Waals surface area (Å²) in [4.78, 5) is 5.11. The second-order valence-corrected chi connectivity index (χ2v) is 4.46. The van der Waals surface area contributed by atoms with Crippen LogP contribution in [0.15, 0.2) is 0 Å². The Balaban J connectivity index is 2.40. The summed E-state index contributed by atoms with van der Waals surface area (Å²) in [5.74, 6) is 0. The molecular weight excluding hydrogens is 186 g/mol. The molecule has 1 unspecified atom stereocenters. The predicted molar refractivity (Wildman–Crippen MR) is 66.1 cm³/mol. The number of rotatable bonds is 6. The van der Waals surface area contributed by atoms with Gasteiger partial charge < -0.3 is 10.6 Å². The van der Waals surface area contributed by atoms with Gasteiger partial charge in [-0.1, -0.05) is 20.3 Å². The number of hydrogen-bond donors (Lipinski definition) is 1. The minimum Gasteiger partial charge on any atom is -0.329 e. The summed E-state index contributed by atoms with van der Waals surface area (Å²) >= 11 is 0. The molecule has 0 radical (unpaired) electrons. The van der Waals surface area contributed by atoms with E-state index in [0.717, 1.165) is 19.1 Å². The molecule has 15 heavy (non-hydrogen) atoms. The molecule has 1 fully saturated rings. The van der Waals surface area contributed by atoms with Crippen LogP contribution < -0.4 is 5.73 Å². The van der Waals surface area contributed by atoms with Crippen LogP contribution in [0.3, 0.4) is 0 Å². The van der Waals surface area contributed by atoms with E-state index in [-0.39, 0.29) is 0 Å². The summed E-state index contributed by atoms with van der Waals surface area (Å²) in [6, 6.07) is 0.752. The number of likely N-dealkylation sites (tertiary alicyclic amines) is 1. The number of nitrogens with zero attached hydrogens (tertiary/aromatic N) is 2. The van der Waals surface area contributed by atoms with Crippen LogP contribution in [0.2, 0.25) is 0 Å². The zero-order valence-corrected chi connectivity index (χ0v) is 10.4. The van der Waals surface area contributed by atoms with Gasteiger partial charge in [-0.3, -0.25) is 4.90 Å². The Labute approximate surface area is 94.6 Å². The molecule has 0 aromatic heterocycles. The summed E-state index contributed by atoms with van der Waals surface area (Å²) < 4.78 is 0. The standard InChI is InChI=1S/C12H27N3/c1-3-14(4-2)11-12-7-5-6-9-15(12)10-8-13/h12H,3-11,13H2,1-2H3. The van der Waals surface area contributed by atoms with Gasteiger partial charge in [-0.2, -0.15) is 0 Å². The smallest absolute Gasteiger partial charge is 0.0223 e. The fourth-order valence-electron chi connectivity index (χ4n) is 2.51. The SMILES string of the molecule is CCN(CC)CC1CCCCN1CCN. The molecular formula is C12H27N3. The monoisotopic (exact) mass is 213 g/mol. The van der Waals surface area contributed by atoms with Gasteiger partial charge in [0.2, 0.25) is 0 Å². The van der Waals surface area contributed by atoms with E-state index in [4.69, 9.17) is 5.73 Å². The number of piperidine rings is 1. The molecule has 90 valence electrons. The Kier molecular flexibility index (Phi) is 6.22. The van der Waals surface area contributed by atoms with Crippen LogP contribution in [0, 0.1) is 0 Å². The van der Waals surface area contributed by atoms with E-state index in [0.29, 0.717) is 0 Å². The molecule has 1 atom stereocenters. The third-order valence-corrected chi connectivity index (χ3v) is 3.53. The van der Waals surface area contributed by atoms with Crippen molar-refractivity contribution in [2.75, 3.05) is 39.3 Å². The van der Waals surface area contributed by atoms with E-state index in [9.17, 15) is 0 Å². The molecule has 0 spiro atoms. The van der Waals surface area contributed by atoms with Crippen LogP contribution in [-0.4, -0.2) is 55.1 Å². The first kappa shape index (κ1) is 12.9. The largest absolute Gasteiger partial charge is 0.329 e.